The fraction of sp³-hybridized carbons (Fsp3) is 0.364. The Morgan fingerprint density at radius 3 is 2.65 bits per heavy atom. The first-order valence-corrected chi connectivity index (χ1v) is 5.40. The van der Waals surface area contributed by atoms with Crippen LogP contribution in [0.15, 0.2) is 6.07 Å². The number of carboxylic acid groups (broad SMARTS) is 1. The van der Waals surface area contributed by atoms with E-state index >= 15 is 0 Å². The Labute approximate surface area is 103 Å². The van der Waals surface area contributed by atoms with Gasteiger partial charge in [-0.2, -0.15) is 0 Å². The highest BCUT2D eigenvalue weighted by Gasteiger charge is 2.19. The van der Waals surface area contributed by atoms with Crippen LogP contribution in [0.5, 0.6) is 11.5 Å². The Balaban J connectivity index is 3.05. The molecule has 0 spiro atoms. The molecular weight excluding hydrogens is 246 g/mol. The van der Waals surface area contributed by atoms with E-state index in [4.69, 9.17) is 22.4 Å². The Morgan fingerprint density at radius 1 is 1.53 bits per heavy atom. The quantitative estimate of drug-likeness (QED) is 0.619. The zero-order chi connectivity index (χ0) is 13.2. The van der Waals surface area contributed by atoms with E-state index in [1.807, 2.05) is 0 Å². The summed E-state index contributed by atoms with van der Waals surface area (Å²) in [6, 6.07) is 0.752. The molecule has 1 atom stereocenters. The normalized spacial score (nSPS) is 12.4. The molecule has 94 valence electrons. The van der Waals surface area contributed by atoms with Crippen molar-refractivity contribution < 1.29 is 20.1 Å². The fourth-order valence-corrected chi connectivity index (χ4v) is 2.03. The van der Waals surface area contributed by atoms with Crippen molar-refractivity contribution in [3.8, 4) is 11.5 Å². The van der Waals surface area contributed by atoms with Gasteiger partial charge in [0.2, 0.25) is 0 Å². The highest BCUT2D eigenvalue weighted by Crippen LogP contribution is 2.40. The third kappa shape index (κ3) is 3.01. The largest absolute Gasteiger partial charge is 0.504 e. The second-order valence-corrected chi connectivity index (χ2v) is 4.21. The Hall–Kier alpha value is -1.46. The van der Waals surface area contributed by atoms with Gasteiger partial charge in [-0.1, -0.05) is 11.6 Å². The van der Waals surface area contributed by atoms with Crippen LogP contribution >= 0.6 is 11.6 Å². The maximum atomic E-state index is 10.4. The van der Waals surface area contributed by atoms with Gasteiger partial charge in [0.15, 0.2) is 11.5 Å². The van der Waals surface area contributed by atoms with Gasteiger partial charge in [-0.15, -0.1) is 0 Å². The summed E-state index contributed by atoms with van der Waals surface area (Å²) in [4.78, 5) is 10.4. The van der Waals surface area contributed by atoms with E-state index in [1.165, 1.54) is 6.07 Å². The summed E-state index contributed by atoms with van der Waals surface area (Å²) in [6.07, 6.45) is 0.124. The van der Waals surface area contributed by atoms with Crippen LogP contribution in [0.4, 0.5) is 0 Å². The topological polar surface area (TPSA) is 104 Å². The van der Waals surface area contributed by atoms with E-state index in [1.54, 1.807) is 6.92 Å². The molecule has 0 amide bonds. The van der Waals surface area contributed by atoms with Gasteiger partial charge in [0.1, 0.15) is 0 Å². The van der Waals surface area contributed by atoms with Crippen LogP contribution in [-0.4, -0.2) is 21.3 Å². The van der Waals surface area contributed by atoms with E-state index in [0.717, 1.165) is 0 Å². The number of aromatic hydroxyl groups is 2. The molecule has 0 aliphatic rings. The van der Waals surface area contributed by atoms with E-state index in [0.29, 0.717) is 11.1 Å². The average Bonchev–Trinajstić information content (AvgIpc) is 2.23. The number of phenols is 2. The second kappa shape index (κ2) is 5.25. The van der Waals surface area contributed by atoms with Gasteiger partial charge in [-0.3, -0.25) is 4.79 Å². The summed E-state index contributed by atoms with van der Waals surface area (Å²) < 4.78 is 0. The molecule has 1 rings (SSSR count). The SMILES string of the molecule is Cc1cc(O)c(O)c(Cl)c1C(N)CCC(=O)O. The summed E-state index contributed by atoms with van der Waals surface area (Å²) in [7, 11) is 0. The molecule has 0 aliphatic heterocycles. The molecule has 5 N–H and O–H groups in total. The van der Waals surface area contributed by atoms with Gasteiger partial charge < -0.3 is 21.1 Å². The fourth-order valence-electron chi connectivity index (χ4n) is 1.64. The van der Waals surface area contributed by atoms with Crippen LogP contribution in [0.1, 0.15) is 30.0 Å². The van der Waals surface area contributed by atoms with Crippen molar-refractivity contribution in [2.45, 2.75) is 25.8 Å². The third-order valence-corrected chi connectivity index (χ3v) is 2.89. The molecule has 0 saturated carbocycles. The average molecular weight is 260 g/mol. The van der Waals surface area contributed by atoms with Gasteiger partial charge in [0.25, 0.3) is 0 Å². The Bertz CT molecular complexity index is 448. The van der Waals surface area contributed by atoms with Gasteiger partial charge in [0.05, 0.1) is 5.02 Å². The van der Waals surface area contributed by atoms with Gasteiger partial charge in [0, 0.05) is 12.5 Å². The summed E-state index contributed by atoms with van der Waals surface area (Å²) in [5, 5.41) is 27.4. The number of aliphatic carboxylic acids is 1. The van der Waals surface area contributed by atoms with E-state index in [2.05, 4.69) is 0 Å². The molecule has 1 unspecified atom stereocenters. The lowest BCUT2D eigenvalue weighted by atomic mass is 9.97. The zero-order valence-electron chi connectivity index (χ0n) is 9.27. The second-order valence-electron chi connectivity index (χ2n) is 3.83. The predicted molar refractivity (Wildman–Crippen MR) is 63.3 cm³/mol. The summed E-state index contributed by atoms with van der Waals surface area (Å²) >= 11 is 5.88. The summed E-state index contributed by atoms with van der Waals surface area (Å²) in [6.45, 7) is 1.68. The Kier molecular flexibility index (Phi) is 4.20. The number of aryl methyl sites for hydroxylation is 1. The number of halogens is 1. The number of hydrogen-bond donors (Lipinski definition) is 4. The minimum atomic E-state index is -0.947. The van der Waals surface area contributed by atoms with Crippen molar-refractivity contribution in [1.29, 1.82) is 0 Å². The molecule has 17 heavy (non-hydrogen) atoms. The minimum absolute atomic E-state index is 0.0274. The van der Waals surface area contributed by atoms with Crippen molar-refractivity contribution in [2.75, 3.05) is 0 Å². The highest BCUT2D eigenvalue weighted by molar-refractivity contribution is 6.33. The highest BCUT2D eigenvalue weighted by atomic mass is 35.5. The van der Waals surface area contributed by atoms with Crippen LogP contribution in [0.3, 0.4) is 0 Å². The molecule has 5 nitrogen and oxygen atoms in total. The molecule has 0 aromatic heterocycles. The monoisotopic (exact) mass is 259 g/mol. The number of phenolic OH excluding ortho intramolecular Hbond substituents is 2. The molecule has 0 fully saturated rings. The molecule has 0 bridgehead atoms. The van der Waals surface area contributed by atoms with E-state index in [-0.39, 0.29) is 23.6 Å². The first-order chi connectivity index (χ1) is 7.84. The van der Waals surface area contributed by atoms with Gasteiger partial charge in [-0.25, -0.2) is 0 Å². The smallest absolute Gasteiger partial charge is 0.303 e. The van der Waals surface area contributed by atoms with Crippen LogP contribution in [-0.2, 0) is 4.79 Å². The number of carbonyl (C=O) groups is 1. The number of rotatable bonds is 4. The van der Waals surface area contributed by atoms with E-state index in [9.17, 15) is 15.0 Å². The minimum Gasteiger partial charge on any atom is -0.504 e. The lowest BCUT2D eigenvalue weighted by Crippen LogP contribution is -2.14. The van der Waals surface area contributed by atoms with Crippen LogP contribution in [0.2, 0.25) is 5.02 Å². The van der Waals surface area contributed by atoms with Crippen LogP contribution < -0.4 is 5.73 Å². The number of hydrogen-bond acceptors (Lipinski definition) is 4. The number of nitrogens with two attached hydrogens (primary N) is 1. The summed E-state index contributed by atoms with van der Waals surface area (Å²) in [5.74, 6) is -1.70. The van der Waals surface area contributed by atoms with Crippen molar-refractivity contribution in [3.05, 3.63) is 22.2 Å². The van der Waals surface area contributed by atoms with Crippen molar-refractivity contribution in [3.63, 3.8) is 0 Å². The Morgan fingerprint density at radius 2 is 2.12 bits per heavy atom. The molecule has 1 aromatic rings. The standard InChI is InChI=1S/C11H14ClNO4/c1-5-4-7(14)11(17)10(12)9(5)6(13)2-3-8(15)16/h4,6,14,17H,2-3,13H2,1H3,(H,15,16). The molecule has 0 saturated heterocycles. The van der Waals surface area contributed by atoms with Gasteiger partial charge >= 0.3 is 5.97 Å². The zero-order valence-corrected chi connectivity index (χ0v) is 10.0. The first-order valence-electron chi connectivity index (χ1n) is 5.03. The van der Waals surface area contributed by atoms with Crippen LogP contribution in [0, 0.1) is 6.92 Å². The molecule has 1 aromatic carbocycles. The molecule has 6 heteroatoms. The van der Waals surface area contributed by atoms with Gasteiger partial charge in [-0.05, 0) is 30.5 Å². The maximum absolute atomic E-state index is 10.4. The van der Waals surface area contributed by atoms with Crippen LogP contribution in [0.25, 0.3) is 0 Å². The van der Waals surface area contributed by atoms with E-state index < -0.39 is 17.8 Å². The number of carboxylic acids is 1. The lowest BCUT2D eigenvalue weighted by molar-refractivity contribution is -0.137. The maximum Gasteiger partial charge on any atom is 0.303 e. The first kappa shape index (κ1) is 13.6. The van der Waals surface area contributed by atoms with Crippen molar-refractivity contribution >= 4 is 17.6 Å². The van der Waals surface area contributed by atoms with Crippen molar-refractivity contribution in [2.24, 2.45) is 5.73 Å². The molecule has 0 heterocycles. The molecular formula is C11H14ClNO4. The number of benzene rings is 1. The third-order valence-electron chi connectivity index (χ3n) is 2.51. The molecule has 0 radical (unpaired) electrons. The molecule has 0 aliphatic carbocycles. The van der Waals surface area contributed by atoms with Crippen molar-refractivity contribution in [1.82, 2.24) is 0 Å². The lowest BCUT2D eigenvalue weighted by Gasteiger charge is -2.17. The predicted octanol–water partition coefficient (Wildman–Crippen LogP) is 1.92. The summed E-state index contributed by atoms with van der Waals surface area (Å²) in [5.41, 5.74) is 6.90.